The fraction of sp³-hybridized carbons (Fsp3) is 0.227. The predicted molar refractivity (Wildman–Crippen MR) is 111 cm³/mol. The van der Waals surface area contributed by atoms with Gasteiger partial charge in [0.05, 0.1) is 11.4 Å². The molecule has 1 aromatic carbocycles. The number of phenolic OH excluding ortho intramolecular Hbond substituents is 1. The zero-order chi connectivity index (χ0) is 20.5. The van der Waals surface area contributed by atoms with E-state index in [1.807, 2.05) is 19.1 Å². The summed E-state index contributed by atoms with van der Waals surface area (Å²) >= 11 is 0. The second-order valence-corrected chi connectivity index (χ2v) is 7.08. The molecule has 3 aromatic rings. The highest BCUT2D eigenvalue weighted by Gasteiger charge is 2.27. The first-order valence-electron chi connectivity index (χ1n) is 9.48. The van der Waals surface area contributed by atoms with Crippen LogP contribution in [-0.2, 0) is 0 Å². The molecule has 1 aliphatic carbocycles. The van der Waals surface area contributed by atoms with Crippen LogP contribution in [0, 0.1) is 5.82 Å². The van der Waals surface area contributed by atoms with Crippen LogP contribution in [0.4, 0.5) is 10.2 Å². The molecule has 29 heavy (non-hydrogen) atoms. The van der Waals surface area contributed by atoms with Gasteiger partial charge < -0.3 is 10.8 Å². The van der Waals surface area contributed by atoms with Gasteiger partial charge in [-0.2, -0.15) is 5.10 Å². The molecule has 0 saturated carbocycles. The maximum atomic E-state index is 13.5. The molecule has 0 radical (unpaired) electrons. The van der Waals surface area contributed by atoms with E-state index < -0.39 is 11.6 Å². The zero-order valence-electron chi connectivity index (χ0n) is 16.1. The SMILES string of the molecule is C=CC1=C(/C=C\C)CC(c2nn(-c3ccc(F)c(O)c3)c3c(N)ncnc23)CC1. The van der Waals surface area contributed by atoms with Crippen molar-refractivity contribution < 1.29 is 9.50 Å². The number of nitrogen functional groups attached to an aromatic ring is 1. The van der Waals surface area contributed by atoms with E-state index >= 15 is 0 Å². The molecule has 4 rings (SSSR count). The molecule has 1 unspecified atom stereocenters. The monoisotopic (exact) mass is 391 g/mol. The van der Waals surface area contributed by atoms with Gasteiger partial charge in [-0.3, -0.25) is 0 Å². The fourth-order valence-corrected chi connectivity index (χ4v) is 3.92. The van der Waals surface area contributed by atoms with Crippen molar-refractivity contribution in [1.29, 1.82) is 0 Å². The van der Waals surface area contributed by atoms with Crippen molar-refractivity contribution >= 4 is 16.9 Å². The first kappa shape index (κ1) is 18.9. The Morgan fingerprint density at radius 2 is 2.14 bits per heavy atom. The Labute approximate surface area is 167 Å². The third kappa shape index (κ3) is 3.29. The van der Waals surface area contributed by atoms with Gasteiger partial charge in [0.25, 0.3) is 0 Å². The summed E-state index contributed by atoms with van der Waals surface area (Å²) in [5, 5.41) is 14.6. The highest BCUT2D eigenvalue weighted by Crippen LogP contribution is 2.40. The minimum Gasteiger partial charge on any atom is -0.505 e. The molecule has 7 heteroatoms. The molecule has 148 valence electrons. The van der Waals surface area contributed by atoms with Gasteiger partial charge in [-0.1, -0.05) is 24.8 Å². The number of anilines is 1. The first-order valence-corrected chi connectivity index (χ1v) is 9.48. The van der Waals surface area contributed by atoms with Crippen LogP contribution < -0.4 is 5.73 Å². The molecule has 0 amide bonds. The molecule has 0 saturated heterocycles. The molecule has 6 nitrogen and oxygen atoms in total. The van der Waals surface area contributed by atoms with E-state index in [1.165, 1.54) is 29.6 Å². The Bertz CT molecular complexity index is 1160. The van der Waals surface area contributed by atoms with Gasteiger partial charge in [0.1, 0.15) is 17.4 Å². The molecule has 0 aliphatic heterocycles. The summed E-state index contributed by atoms with van der Waals surface area (Å²) in [6.45, 7) is 5.93. The molecule has 0 fully saturated rings. The molecule has 2 aromatic heterocycles. The van der Waals surface area contributed by atoms with Crippen LogP contribution >= 0.6 is 0 Å². The molecular weight excluding hydrogens is 369 g/mol. The van der Waals surface area contributed by atoms with Crippen LogP contribution in [0.2, 0.25) is 0 Å². The molecule has 0 bridgehead atoms. The zero-order valence-corrected chi connectivity index (χ0v) is 16.1. The number of fused-ring (bicyclic) bond motifs is 1. The highest BCUT2D eigenvalue weighted by atomic mass is 19.1. The smallest absolute Gasteiger partial charge is 0.164 e. The van der Waals surface area contributed by atoms with Crippen LogP contribution in [-0.4, -0.2) is 24.9 Å². The number of hydrogen-bond acceptors (Lipinski definition) is 5. The average molecular weight is 391 g/mol. The molecule has 1 atom stereocenters. The Morgan fingerprint density at radius 1 is 1.31 bits per heavy atom. The van der Waals surface area contributed by atoms with Gasteiger partial charge in [-0.15, -0.1) is 0 Å². The Hall–Kier alpha value is -3.48. The van der Waals surface area contributed by atoms with Crippen molar-refractivity contribution in [2.24, 2.45) is 0 Å². The van der Waals surface area contributed by atoms with Crippen LogP contribution in [0.15, 0.2) is 60.5 Å². The van der Waals surface area contributed by atoms with Crippen molar-refractivity contribution in [2.75, 3.05) is 5.73 Å². The highest BCUT2D eigenvalue weighted by molar-refractivity contribution is 5.88. The lowest BCUT2D eigenvalue weighted by atomic mass is 9.81. The minimum absolute atomic E-state index is 0.150. The van der Waals surface area contributed by atoms with E-state index in [0.29, 0.717) is 16.7 Å². The normalized spacial score (nSPS) is 17.4. The second-order valence-electron chi connectivity index (χ2n) is 7.08. The van der Waals surface area contributed by atoms with Crippen LogP contribution in [0.3, 0.4) is 0 Å². The molecule has 0 spiro atoms. The largest absolute Gasteiger partial charge is 0.505 e. The number of aromatic hydroxyl groups is 1. The Balaban J connectivity index is 1.87. The standard InChI is InChI=1S/C22H22FN5O/c1-3-5-14-10-15(7-6-13(14)4-2)19-20-21(22(24)26-12-25-20)28(27-19)16-8-9-17(23)18(29)11-16/h3-5,8-9,11-12,15,29H,2,6-7,10H2,1H3,(H2,24,25,26)/b5-3-. The quantitative estimate of drug-likeness (QED) is 0.680. The summed E-state index contributed by atoms with van der Waals surface area (Å²) in [6.07, 6.45) is 10.1. The molecular formula is C22H22FN5O. The molecule has 1 aliphatic rings. The lowest BCUT2D eigenvalue weighted by Crippen LogP contribution is -2.09. The number of allylic oxidation sites excluding steroid dienone is 5. The number of nitrogens with zero attached hydrogens (tertiary/aromatic N) is 4. The predicted octanol–water partition coefficient (Wildman–Crippen LogP) is 4.57. The van der Waals surface area contributed by atoms with Crippen LogP contribution in [0.1, 0.15) is 37.8 Å². The lowest BCUT2D eigenvalue weighted by molar-refractivity contribution is 0.432. The maximum absolute atomic E-state index is 13.5. The fourth-order valence-electron chi connectivity index (χ4n) is 3.92. The van der Waals surface area contributed by atoms with Crippen LogP contribution in [0.25, 0.3) is 16.7 Å². The second kappa shape index (κ2) is 7.50. The number of rotatable bonds is 4. The van der Waals surface area contributed by atoms with Gasteiger partial charge in [-0.05, 0) is 49.5 Å². The van der Waals surface area contributed by atoms with E-state index in [-0.39, 0.29) is 11.7 Å². The number of aromatic nitrogens is 4. The molecule has 3 N–H and O–H groups in total. The van der Waals surface area contributed by atoms with Gasteiger partial charge in [-0.25, -0.2) is 19.0 Å². The van der Waals surface area contributed by atoms with Crippen molar-refractivity contribution in [1.82, 2.24) is 19.7 Å². The van der Waals surface area contributed by atoms with E-state index in [0.717, 1.165) is 25.0 Å². The number of nitrogens with two attached hydrogens (primary N) is 1. The van der Waals surface area contributed by atoms with E-state index in [4.69, 9.17) is 10.8 Å². The summed E-state index contributed by atoms with van der Waals surface area (Å²) in [4.78, 5) is 8.55. The van der Waals surface area contributed by atoms with Crippen molar-refractivity contribution in [3.63, 3.8) is 0 Å². The van der Waals surface area contributed by atoms with Gasteiger partial charge in [0.2, 0.25) is 0 Å². The summed E-state index contributed by atoms with van der Waals surface area (Å²) in [5.74, 6) is -0.712. The number of phenols is 1. The van der Waals surface area contributed by atoms with Crippen LogP contribution in [0.5, 0.6) is 5.75 Å². The summed E-state index contributed by atoms with van der Waals surface area (Å²) in [5.41, 5.74) is 11.2. The maximum Gasteiger partial charge on any atom is 0.164 e. The lowest BCUT2D eigenvalue weighted by Gasteiger charge is -2.23. The Kier molecular flexibility index (Phi) is 4.88. The third-order valence-corrected chi connectivity index (χ3v) is 5.33. The van der Waals surface area contributed by atoms with Crippen molar-refractivity contribution in [3.8, 4) is 11.4 Å². The van der Waals surface area contributed by atoms with Gasteiger partial charge in [0, 0.05) is 12.0 Å². The number of hydrogen-bond donors (Lipinski definition) is 2. The minimum atomic E-state index is -0.694. The number of halogens is 1. The first-order chi connectivity index (χ1) is 14.0. The summed E-state index contributed by atoms with van der Waals surface area (Å²) in [6, 6.07) is 4.06. The third-order valence-electron chi connectivity index (χ3n) is 5.33. The van der Waals surface area contributed by atoms with E-state index in [9.17, 15) is 9.50 Å². The van der Waals surface area contributed by atoms with E-state index in [1.54, 1.807) is 10.7 Å². The Morgan fingerprint density at radius 3 is 2.86 bits per heavy atom. The topological polar surface area (TPSA) is 89.8 Å². The molecule has 2 heterocycles. The van der Waals surface area contributed by atoms with Gasteiger partial charge in [0.15, 0.2) is 17.4 Å². The summed E-state index contributed by atoms with van der Waals surface area (Å²) in [7, 11) is 0. The van der Waals surface area contributed by atoms with Crippen molar-refractivity contribution in [2.45, 2.75) is 32.1 Å². The summed E-state index contributed by atoms with van der Waals surface area (Å²) < 4.78 is 15.1. The van der Waals surface area contributed by atoms with Crippen molar-refractivity contribution in [3.05, 3.63) is 72.0 Å². The average Bonchev–Trinajstić information content (AvgIpc) is 3.11. The number of benzene rings is 1. The van der Waals surface area contributed by atoms with E-state index in [2.05, 4.69) is 22.6 Å². The van der Waals surface area contributed by atoms with Gasteiger partial charge >= 0.3 is 0 Å².